The van der Waals surface area contributed by atoms with Crippen LogP contribution in [-0.2, 0) is 0 Å². The quantitative estimate of drug-likeness (QED) is 0.226. The van der Waals surface area contributed by atoms with Crippen molar-refractivity contribution in [3.05, 3.63) is 109 Å². The van der Waals surface area contributed by atoms with Gasteiger partial charge in [-0.15, -0.1) is 0 Å². The van der Waals surface area contributed by atoms with Crippen LogP contribution >= 0.6 is 8.24 Å². The van der Waals surface area contributed by atoms with Crippen molar-refractivity contribution in [2.75, 3.05) is 7.11 Å². The lowest BCUT2D eigenvalue weighted by atomic mass is 10.0. The lowest BCUT2D eigenvalue weighted by Gasteiger charge is -2.10. The number of fused-ring (bicyclic) bond motifs is 7. The van der Waals surface area contributed by atoms with Gasteiger partial charge >= 0.3 is 8.24 Å². The summed E-state index contributed by atoms with van der Waals surface area (Å²) in [5, 5.41) is 8.34. The van der Waals surface area contributed by atoms with Gasteiger partial charge in [-0.25, -0.2) is 0 Å². The Labute approximate surface area is 214 Å². The molecule has 0 N–H and O–H groups in total. The molecule has 4 nitrogen and oxygen atoms in total. The fourth-order valence-electron chi connectivity index (χ4n) is 5.13. The summed E-state index contributed by atoms with van der Waals surface area (Å²) in [6.07, 6.45) is 0. The number of rotatable bonds is 3. The summed E-state index contributed by atoms with van der Waals surface area (Å²) >= 11 is 0. The minimum Gasteiger partial charge on any atom is -0.493 e. The molecule has 0 saturated carbocycles. The average Bonchev–Trinajstić information content (AvgIpc) is 3.09. The van der Waals surface area contributed by atoms with Crippen LogP contribution in [0.2, 0.25) is 0 Å². The van der Waals surface area contributed by atoms with E-state index in [2.05, 4.69) is 61.5 Å². The topological polar surface area (TPSA) is 44.7 Å². The fraction of sp³-hybridized carbons (Fsp3) is 0.0625. The monoisotopic (exact) mass is 502 g/mol. The molecule has 7 rings (SSSR count). The van der Waals surface area contributed by atoms with Gasteiger partial charge in [-0.05, 0) is 58.3 Å². The Kier molecular flexibility index (Phi) is 5.09. The van der Waals surface area contributed by atoms with Gasteiger partial charge in [0, 0.05) is 21.5 Å². The number of methoxy groups -OCH3 is 1. The highest BCUT2D eigenvalue weighted by molar-refractivity contribution is 7.32. The van der Waals surface area contributed by atoms with Crippen molar-refractivity contribution in [1.82, 2.24) is 0 Å². The molecule has 0 aliphatic heterocycles. The van der Waals surface area contributed by atoms with E-state index in [1.54, 1.807) is 7.11 Å². The van der Waals surface area contributed by atoms with E-state index in [0.29, 0.717) is 11.3 Å². The zero-order valence-electron chi connectivity index (χ0n) is 20.4. The van der Waals surface area contributed by atoms with Crippen molar-refractivity contribution in [2.45, 2.75) is 6.92 Å². The first-order valence-electron chi connectivity index (χ1n) is 12.1. The standard InChI is InChI=1S/C32H23O4P/c1-20-17-27-30-24-12-6-3-9-21(24)15-16-28(30)34-37(36-32(27)29(18-20)33-2)35-31-25-13-7-4-10-22(25)19-23-11-5-8-14-26(23)31/h3-19H,1-2H3. The highest BCUT2D eigenvalue weighted by Crippen LogP contribution is 2.45. The third-order valence-electron chi connectivity index (χ3n) is 6.81. The first-order chi connectivity index (χ1) is 18.2. The molecule has 1 unspecified atom stereocenters. The molecule has 0 spiro atoms. The van der Waals surface area contributed by atoms with Gasteiger partial charge in [0.2, 0.25) is 0 Å². The summed E-state index contributed by atoms with van der Waals surface area (Å²) in [6.45, 7) is 2.06. The van der Waals surface area contributed by atoms with E-state index in [1.165, 1.54) is 0 Å². The van der Waals surface area contributed by atoms with Crippen LogP contribution in [0.3, 0.4) is 0 Å². The van der Waals surface area contributed by atoms with Crippen LogP contribution in [0.5, 0.6) is 11.5 Å². The van der Waals surface area contributed by atoms with Crippen LogP contribution in [-0.4, -0.2) is 7.11 Å². The van der Waals surface area contributed by atoms with Gasteiger partial charge in [-0.1, -0.05) is 78.9 Å². The Morgan fingerprint density at radius 1 is 0.622 bits per heavy atom. The van der Waals surface area contributed by atoms with Crippen molar-refractivity contribution in [1.29, 1.82) is 0 Å². The summed E-state index contributed by atoms with van der Waals surface area (Å²) in [5.41, 5.74) is 2.42. The van der Waals surface area contributed by atoms with E-state index in [-0.39, 0.29) is 0 Å². The normalized spacial score (nSPS) is 12.0. The maximum absolute atomic E-state index is 6.68. The highest BCUT2D eigenvalue weighted by Gasteiger charge is 2.17. The first kappa shape index (κ1) is 21.8. The second kappa shape index (κ2) is 8.62. The molecule has 1 aromatic heterocycles. The maximum atomic E-state index is 6.68. The fourth-order valence-corrected chi connectivity index (χ4v) is 6.24. The van der Waals surface area contributed by atoms with Gasteiger partial charge in [0.15, 0.2) is 17.1 Å². The summed E-state index contributed by atoms with van der Waals surface area (Å²) in [7, 11) is -0.199. The summed E-state index contributed by atoms with van der Waals surface area (Å²) in [5.74, 6) is 1.40. The minimum atomic E-state index is -1.86. The number of ether oxygens (including phenoxy) is 1. The average molecular weight is 503 g/mol. The Bertz CT molecular complexity index is 1970. The molecule has 37 heavy (non-hydrogen) atoms. The van der Waals surface area contributed by atoms with Gasteiger partial charge in [0.05, 0.1) is 7.11 Å². The van der Waals surface area contributed by atoms with Crippen LogP contribution in [0.4, 0.5) is 0 Å². The third-order valence-corrected chi connectivity index (χ3v) is 7.81. The molecule has 0 bridgehead atoms. The molecule has 0 saturated heterocycles. The lowest BCUT2D eigenvalue weighted by Crippen LogP contribution is -1.87. The predicted molar refractivity (Wildman–Crippen MR) is 153 cm³/mol. The Hall–Kier alpha value is -4.40. The largest absolute Gasteiger partial charge is 0.493 e. The first-order valence-corrected chi connectivity index (χ1v) is 13.2. The summed E-state index contributed by atoms with van der Waals surface area (Å²) in [6, 6.07) is 35.1. The SMILES string of the molecule is COc1cc(C)cc2c1op(Oc1c3ccccc3cc3ccccc13)oc1ccc3ccccc3c12. The van der Waals surface area contributed by atoms with Crippen LogP contribution < -0.4 is 9.26 Å². The van der Waals surface area contributed by atoms with E-state index >= 15 is 0 Å². The second-order valence-corrected chi connectivity index (χ2v) is 10.1. The second-order valence-electron chi connectivity index (χ2n) is 9.15. The Morgan fingerprint density at radius 3 is 1.97 bits per heavy atom. The van der Waals surface area contributed by atoms with Gasteiger partial charge in [-0.3, -0.25) is 0 Å². The zero-order valence-corrected chi connectivity index (χ0v) is 21.3. The van der Waals surface area contributed by atoms with E-state index in [9.17, 15) is 0 Å². The molecule has 1 atom stereocenters. The van der Waals surface area contributed by atoms with Gasteiger partial charge in [0.25, 0.3) is 0 Å². The van der Waals surface area contributed by atoms with E-state index < -0.39 is 8.24 Å². The zero-order chi connectivity index (χ0) is 24.9. The summed E-state index contributed by atoms with van der Waals surface area (Å²) in [4.78, 5) is 0. The summed E-state index contributed by atoms with van der Waals surface area (Å²) < 4.78 is 25.6. The third kappa shape index (κ3) is 3.61. The molecule has 1 heterocycles. The predicted octanol–water partition coefficient (Wildman–Crippen LogP) is 9.91. The lowest BCUT2D eigenvalue weighted by molar-refractivity contribution is 0.410. The molecule has 0 aliphatic rings. The number of benzene rings is 6. The molecule has 5 heteroatoms. The number of hydrogen-bond acceptors (Lipinski definition) is 4. The van der Waals surface area contributed by atoms with Crippen molar-refractivity contribution in [3.63, 3.8) is 0 Å². The van der Waals surface area contributed by atoms with E-state index in [1.807, 2.05) is 48.5 Å². The molecule has 0 radical (unpaired) electrons. The highest BCUT2D eigenvalue weighted by atomic mass is 31.1. The smallest absolute Gasteiger partial charge is 0.453 e. The van der Waals surface area contributed by atoms with Crippen LogP contribution in [0.25, 0.3) is 54.3 Å². The minimum absolute atomic E-state index is 0.624. The van der Waals surface area contributed by atoms with Crippen molar-refractivity contribution in [2.24, 2.45) is 0 Å². The molecule has 0 fully saturated rings. The molecular weight excluding hydrogens is 479 g/mol. The Morgan fingerprint density at radius 2 is 1.27 bits per heavy atom. The molecule has 6 aromatic carbocycles. The van der Waals surface area contributed by atoms with Gasteiger partial charge < -0.3 is 17.7 Å². The van der Waals surface area contributed by atoms with Crippen molar-refractivity contribution >= 4 is 62.5 Å². The molecule has 180 valence electrons. The van der Waals surface area contributed by atoms with E-state index in [4.69, 9.17) is 17.7 Å². The van der Waals surface area contributed by atoms with Crippen molar-refractivity contribution in [3.8, 4) is 11.5 Å². The molecule has 0 amide bonds. The van der Waals surface area contributed by atoms with Crippen molar-refractivity contribution < 1.29 is 17.7 Å². The number of aryl methyl sites for hydroxylation is 1. The van der Waals surface area contributed by atoms with Gasteiger partial charge in [-0.2, -0.15) is 0 Å². The van der Waals surface area contributed by atoms with Crippen LogP contribution in [0, 0.1) is 6.92 Å². The Balaban J connectivity index is 1.60. The molecular formula is C32H23O4P. The van der Waals surface area contributed by atoms with E-state index in [0.717, 1.165) is 60.0 Å². The van der Waals surface area contributed by atoms with Crippen LogP contribution in [0.1, 0.15) is 5.56 Å². The maximum Gasteiger partial charge on any atom is 0.453 e. The molecule has 0 aliphatic carbocycles. The number of hydrogen-bond donors (Lipinski definition) is 0. The van der Waals surface area contributed by atoms with Crippen LogP contribution in [0.15, 0.2) is 112 Å². The van der Waals surface area contributed by atoms with Gasteiger partial charge in [0.1, 0.15) is 5.58 Å². The molecule has 7 aromatic rings.